The molecular formula is C22H27F3O4S. The van der Waals surface area contributed by atoms with Gasteiger partial charge in [0.1, 0.15) is 0 Å². The Morgan fingerprint density at radius 2 is 1.17 bits per heavy atom. The maximum absolute atomic E-state index is 10.7. The minimum Gasteiger partial charge on any atom is -0.741 e. The lowest BCUT2D eigenvalue weighted by atomic mass is 9.88. The van der Waals surface area contributed by atoms with Crippen LogP contribution in [0.2, 0.25) is 0 Å². The van der Waals surface area contributed by atoms with E-state index in [0.717, 1.165) is 11.5 Å². The van der Waals surface area contributed by atoms with E-state index in [2.05, 4.69) is 90.1 Å². The Hall–Kier alpha value is -2.19. The molecule has 0 aliphatic rings. The van der Waals surface area contributed by atoms with Gasteiger partial charge in [0.15, 0.2) is 10.1 Å². The van der Waals surface area contributed by atoms with Crippen LogP contribution in [0.4, 0.5) is 13.2 Å². The summed E-state index contributed by atoms with van der Waals surface area (Å²) in [5.74, 6) is 2.04. The number of hydrogen-bond donors (Lipinski definition) is 0. The van der Waals surface area contributed by atoms with E-state index < -0.39 is 15.6 Å². The van der Waals surface area contributed by atoms with Crippen molar-refractivity contribution >= 4 is 22.3 Å². The second kappa shape index (κ2) is 9.31. The Labute approximate surface area is 176 Å². The van der Waals surface area contributed by atoms with Crippen molar-refractivity contribution in [2.24, 2.45) is 0 Å². The van der Waals surface area contributed by atoms with E-state index >= 15 is 0 Å². The Bertz CT molecular complexity index is 934. The van der Waals surface area contributed by atoms with Crippen molar-refractivity contribution in [3.05, 3.63) is 65.1 Å². The lowest BCUT2D eigenvalue weighted by Crippen LogP contribution is -2.21. The Morgan fingerprint density at radius 1 is 0.800 bits per heavy atom. The zero-order chi connectivity index (χ0) is 23.4. The van der Waals surface area contributed by atoms with E-state index in [1.165, 1.54) is 11.1 Å². The highest BCUT2D eigenvalue weighted by molar-refractivity contribution is 7.86. The molecule has 0 saturated carbocycles. The van der Waals surface area contributed by atoms with E-state index in [-0.39, 0.29) is 10.8 Å². The van der Waals surface area contributed by atoms with Gasteiger partial charge in [0.05, 0.1) is 10.8 Å². The highest BCUT2D eigenvalue weighted by Gasteiger charge is 2.37. The molecule has 2 aromatic rings. The van der Waals surface area contributed by atoms with Crippen molar-refractivity contribution in [1.29, 1.82) is 0 Å². The molecule has 0 radical (unpaired) electrons. The fourth-order valence-corrected chi connectivity index (χ4v) is 2.11. The molecule has 0 atom stereocenters. The molecule has 2 rings (SSSR count). The minimum absolute atomic E-state index is 0.00338. The van der Waals surface area contributed by atoms with Gasteiger partial charge in [-0.1, -0.05) is 42.5 Å². The van der Waals surface area contributed by atoms with E-state index in [1.54, 1.807) is 0 Å². The number of alkyl halides is 3. The first-order chi connectivity index (χ1) is 13.4. The number of hydrogen-bond acceptors (Lipinski definition) is 3. The molecule has 8 heteroatoms. The third-order valence-corrected chi connectivity index (χ3v) is 4.41. The molecule has 0 saturated heterocycles. The van der Waals surface area contributed by atoms with Gasteiger partial charge >= 0.3 is 17.0 Å². The van der Waals surface area contributed by atoms with Gasteiger partial charge in [0.25, 0.3) is 0 Å². The monoisotopic (exact) mass is 444 g/mol. The van der Waals surface area contributed by atoms with Crippen LogP contribution in [0.5, 0.6) is 0 Å². The normalized spacial score (nSPS) is 13.1. The van der Waals surface area contributed by atoms with Crippen molar-refractivity contribution in [2.75, 3.05) is 0 Å². The largest absolute Gasteiger partial charge is 0.741 e. The van der Waals surface area contributed by atoms with Gasteiger partial charge in [-0.25, -0.2) is 12.8 Å². The molecule has 0 unspecified atom stereocenters. The molecule has 1 aromatic carbocycles. The van der Waals surface area contributed by atoms with Crippen LogP contribution in [-0.2, 0) is 20.9 Å². The van der Waals surface area contributed by atoms with Gasteiger partial charge in [-0.15, -0.1) is 0 Å². The molecule has 0 aliphatic carbocycles. The standard InChI is InChI=1S/C21H27O.CHF3O3S/c1-20(2,3)18-14-17(15-19(22-18)21(4,5)6)13-12-16-10-8-7-9-11-16;2-1(3,4)8(5,6)7/h7-15H,1-6H3;(H,5,6,7)/q+1;/p-1/b13-12+;. The number of halogens is 3. The molecular weight excluding hydrogens is 417 g/mol. The Kier molecular flexibility index (Phi) is 8.02. The maximum Gasteiger partial charge on any atom is 0.485 e. The molecule has 166 valence electrons. The van der Waals surface area contributed by atoms with E-state index in [4.69, 9.17) is 17.4 Å². The predicted molar refractivity (Wildman–Crippen MR) is 112 cm³/mol. The molecule has 0 spiro atoms. The fourth-order valence-electron chi connectivity index (χ4n) is 2.11. The van der Waals surface area contributed by atoms with Crippen LogP contribution >= 0.6 is 0 Å². The van der Waals surface area contributed by atoms with Crippen LogP contribution in [0.1, 0.15) is 64.2 Å². The van der Waals surface area contributed by atoms with Gasteiger partial charge in [0, 0.05) is 12.1 Å². The third-order valence-electron chi connectivity index (χ3n) is 3.85. The topological polar surface area (TPSA) is 68.5 Å². The van der Waals surface area contributed by atoms with E-state index in [9.17, 15) is 13.2 Å². The molecule has 30 heavy (non-hydrogen) atoms. The number of rotatable bonds is 2. The van der Waals surface area contributed by atoms with Crippen LogP contribution in [-0.4, -0.2) is 18.5 Å². The van der Waals surface area contributed by atoms with E-state index in [1.807, 2.05) is 6.07 Å². The zero-order valence-electron chi connectivity index (χ0n) is 17.9. The summed E-state index contributed by atoms with van der Waals surface area (Å²) in [5.41, 5.74) is -3.26. The zero-order valence-corrected chi connectivity index (χ0v) is 18.7. The SMILES string of the molecule is CC(C)(C)c1cc(/C=C/c2ccccc2)cc(C(C)(C)C)[o+]1.O=S(=O)([O-])C(F)(F)F. The lowest BCUT2D eigenvalue weighted by Gasteiger charge is -2.14. The Balaban J connectivity index is 0.000000479. The molecule has 0 aliphatic heterocycles. The van der Waals surface area contributed by atoms with Gasteiger partial charge in [-0.05, 0) is 52.7 Å². The van der Waals surface area contributed by atoms with Crippen molar-refractivity contribution in [3.8, 4) is 0 Å². The second-order valence-electron chi connectivity index (χ2n) is 8.76. The van der Waals surface area contributed by atoms with Gasteiger partial charge in [-0.3, -0.25) is 0 Å². The molecule has 1 heterocycles. The van der Waals surface area contributed by atoms with Crippen LogP contribution in [0.15, 0.2) is 46.9 Å². The third kappa shape index (κ3) is 8.28. The summed E-state index contributed by atoms with van der Waals surface area (Å²) < 4.78 is 65.1. The first-order valence-corrected chi connectivity index (χ1v) is 10.6. The average Bonchev–Trinajstić information content (AvgIpc) is 2.58. The number of benzene rings is 1. The van der Waals surface area contributed by atoms with Crippen molar-refractivity contribution in [1.82, 2.24) is 0 Å². The van der Waals surface area contributed by atoms with Crippen molar-refractivity contribution in [3.63, 3.8) is 0 Å². The fraction of sp³-hybridized carbons (Fsp3) is 0.409. The molecule has 1 aromatic heterocycles. The van der Waals surface area contributed by atoms with Gasteiger partial charge in [-0.2, -0.15) is 13.2 Å². The maximum atomic E-state index is 10.7. The van der Waals surface area contributed by atoms with Crippen molar-refractivity contribution in [2.45, 2.75) is 57.9 Å². The first kappa shape index (κ1) is 25.8. The summed E-state index contributed by atoms with van der Waals surface area (Å²) in [4.78, 5) is 0. The van der Waals surface area contributed by atoms with Gasteiger partial charge < -0.3 is 4.55 Å². The summed E-state index contributed by atoms with van der Waals surface area (Å²) in [6.07, 6.45) is 4.31. The highest BCUT2D eigenvalue weighted by atomic mass is 32.2. The van der Waals surface area contributed by atoms with Crippen molar-refractivity contribution < 1.29 is 30.6 Å². The average molecular weight is 445 g/mol. The Morgan fingerprint density at radius 3 is 1.50 bits per heavy atom. The first-order valence-electron chi connectivity index (χ1n) is 9.16. The molecule has 0 bridgehead atoms. The van der Waals surface area contributed by atoms with E-state index in [0.29, 0.717) is 0 Å². The summed E-state index contributed by atoms with van der Waals surface area (Å²) in [5, 5.41) is 0. The summed E-state index contributed by atoms with van der Waals surface area (Å²) in [7, 11) is -6.09. The molecule has 0 amide bonds. The van der Waals surface area contributed by atoms with Crippen LogP contribution in [0.25, 0.3) is 12.2 Å². The van der Waals surface area contributed by atoms with Crippen LogP contribution in [0, 0.1) is 0 Å². The molecule has 0 N–H and O–H groups in total. The van der Waals surface area contributed by atoms with Crippen LogP contribution in [0.3, 0.4) is 0 Å². The quantitative estimate of drug-likeness (QED) is 0.306. The van der Waals surface area contributed by atoms with Gasteiger partial charge in [0.2, 0.25) is 0 Å². The smallest absolute Gasteiger partial charge is 0.485 e. The van der Waals surface area contributed by atoms with Crippen LogP contribution < -0.4 is 0 Å². The predicted octanol–water partition coefficient (Wildman–Crippen LogP) is 6.38. The second-order valence-corrected chi connectivity index (χ2v) is 10.1. The summed E-state index contributed by atoms with van der Waals surface area (Å²) in [6.45, 7) is 13.1. The summed E-state index contributed by atoms with van der Waals surface area (Å²) in [6, 6.07) is 14.7. The molecule has 4 nitrogen and oxygen atoms in total. The summed E-state index contributed by atoms with van der Waals surface area (Å²) >= 11 is 0. The molecule has 0 fully saturated rings. The lowest BCUT2D eigenvalue weighted by molar-refractivity contribution is -0.0517. The minimum atomic E-state index is -6.09. The highest BCUT2D eigenvalue weighted by Crippen LogP contribution is 2.30.